The third kappa shape index (κ3) is 3.06. The minimum absolute atomic E-state index is 0.284. The number of nitrogens with one attached hydrogen (secondary N) is 2. The smallest absolute Gasteiger partial charge is 0.338 e. The van der Waals surface area contributed by atoms with E-state index in [9.17, 15) is 4.79 Å². The van der Waals surface area contributed by atoms with E-state index in [0.29, 0.717) is 12.2 Å². The monoisotopic (exact) mass is 296 g/mol. The van der Waals surface area contributed by atoms with Crippen LogP contribution in [0.25, 0.3) is 0 Å². The number of carbonyl (C=O) groups is 1. The second-order valence-corrected chi connectivity index (χ2v) is 5.28. The number of benzene rings is 2. The molecular formula is C18H20N2O2. The Labute approximate surface area is 130 Å². The van der Waals surface area contributed by atoms with Gasteiger partial charge in [0.15, 0.2) is 0 Å². The van der Waals surface area contributed by atoms with Crippen LogP contribution in [0.2, 0.25) is 0 Å². The number of fused-ring (bicyclic) bond motifs is 1. The van der Waals surface area contributed by atoms with Crippen molar-refractivity contribution in [2.45, 2.75) is 19.9 Å². The maximum Gasteiger partial charge on any atom is 0.338 e. The Hall–Kier alpha value is -2.49. The van der Waals surface area contributed by atoms with Crippen LogP contribution < -0.4 is 10.6 Å². The van der Waals surface area contributed by atoms with Crippen molar-refractivity contribution in [1.82, 2.24) is 0 Å². The molecule has 4 nitrogen and oxygen atoms in total. The molecule has 0 amide bonds. The predicted octanol–water partition coefficient (Wildman–Crippen LogP) is 3.44. The van der Waals surface area contributed by atoms with Crippen molar-refractivity contribution < 1.29 is 9.53 Å². The topological polar surface area (TPSA) is 50.4 Å². The van der Waals surface area contributed by atoms with Crippen LogP contribution in [-0.2, 0) is 17.7 Å². The van der Waals surface area contributed by atoms with Crippen molar-refractivity contribution in [3.8, 4) is 0 Å². The Balaban J connectivity index is 1.71. The molecular weight excluding hydrogens is 276 g/mol. The molecule has 1 aliphatic heterocycles. The summed E-state index contributed by atoms with van der Waals surface area (Å²) >= 11 is 0. The van der Waals surface area contributed by atoms with E-state index in [0.717, 1.165) is 25.2 Å². The zero-order chi connectivity index (χ0) is 15.4. The summed E-state index contributed by atoms with van der Waals surface area (Å²) in [5.74, 6) is -0.284. The average Bonchev–Trinajstić information content (AvgIpc) is 3.02. The van der Waals surface area contributed by atoms with Gasteiger partial charge in [-0.1, -0.05) is 24.3 Å². The van der Waals surface area contributed by atoms with E-state index in [1.807, 2.05) is 25.1 Å². The van der Waals surface area contributed by atoms with Crippen LogP contribution in [-0.4, -0.2) is 19.1 Å². The van der Waals surface area contributed by atoms with Crippen LogP contribution >= 0.6 is 0 Å². The lowest BCUT2D eigenvalue weighted by molar-refractivity contribution is 0.0526. The molecule has 2 aromatic carbocycles. The van der Waals surface area contributed by atoms with Crippen molar-refractivity contribution in [3.63, 3.8) is 0 Å². The first-order valence-corrected chi connectivity index (χ1v) is 7.63. The molecule has 0 atom stereocenters. The van der Waals surface area contributed by atoms with E-state index < -0.39 is 0 Å². The lowest BCUT2D eigenvalue weighted by atomic mass is 10.1. The number of hydrogen-bond donors (Lipinski definition) is 2. The number of ether oxygens (including phenoxy) is 1. The molecule has 3 rings (SSSR count). The molecule has 0 bridgehead atoms. The first kappa shape index (κ1) is 14.4. The largest absolute Gasteiger partial charge is 0.462 e. The lowest BCUT2D eigenvalue weighted by Crippen LogP contribution is -2.06. The highest BCUT2D eigenvalue weighted by molar-refractivity contribution is 5.90. The SMILES string of the molecule is CCOC(=O)c1cccc(NCc2cccc3c2NCC3)c1. The van der Waals surface area contributed by atoms with Gasteiger partial charge in [0.2, 0.25) is 0 Å². The highest BCUT2D eigenvalue weighted by atomic mass is 16.5. The van der Waals surface area contributed by atoms with Gasteiger partial charge in [-0.2, -0.15) is 0 Å². The van der Waals surface area contributed by atoms with Crippen LogP contribution in [0.3, 0.4) is 0 Å². The molecule has 0 saturated heterocycles. The second-order valence-electron chi connectivity index (χ2n) is 5.28. The normalized spacial score (nSPS) is 12.4. The molecule has 0 spiro atoms. The van der Waals surface area contributed by atoms with Crippen molar-refractivity contribution in [3.05, 3.63) is 59.2 Å². The van der Waals surface area contributed by atoms with Crippen LogP contribution in [0, 0.1) is 0 Å². The Morgan fingerprint density at radius 2 is 2.14 bits per heavy atom. The molecule has 0 saturated carbocycles. The van der Waals surface area contributed by atoms with Gasteiger partial charge >= 0.3 is 5.97 Å². The van der Waals surface area contributed by atoms with Gasteiger partial charge in [0.25, 0.3) is 0 Å². The van der Waals surface area contributed by atoms with Crippen molar-refractivity contribution in [1.29, 1.82) is 0 Å². The van der Waals surface area contributed by atoms with E-state index in [2.05, 4.69) is 28.8 Å². The molecule has 1 aliphatic rings. The number of anilines is 2. The Morgan fingerprint density at radius 3 is 3.00 bits per heavy atom. The number of esters is 1. The Kier molecular flexibility index (Phi) is 4.28. The van der Waals surface area contributed by atoms with E-state index in [1.54, 1.807) is 6.07 Å². The highest BCUT2D eigenvalue weighted by Gasteiger charge is 2.13. The first-order chi connectivity index (χ1) is 10.8. The van der Waals surface area contributed by atoms with Gasteiger partial charge in [0, 0.05) is 24.5 Å². The zero-order valence-corrected chi connectivity index (χ0v) is 12.7. The summed E-state index contributed by atoms with van der Waals surface area (Å²) in [6.07, 6.45) is 1.08. The van der Waals surface area contributed by atoms with E-state index >= 15 is 0 Å². The molecule has 2 N–H and O–H groups in total. The molecule has 0 radical (unpaired) electrons. The van der Waals surface area contributed by atoms with Crippen molar-refractivity contribution >= 4 is 17.3 Å². The molecule has 2 aromatic rings. The van der Waals surface area contributed by atoms with Gasteiger partial charge in [0.05, 0.1) is 12.2 Å². The minimum Gasteiger partial charge on any atom is -0.462 e. The minimum atomic E-state index is -0.284. The summed E-state index contributed by atoms with van der Waals surface area (Å²) in [6, 6.07) is 13.8. The molecule has 22 heavy (non-hydrogen) atoms. The van der Waals surface area contributed by atoms with Crippen molar-refractivity contribution in [2.24, 2.45) is 0 Å². The fraction of sp³-hybridized carbons (Fsp3) is 0.278. The highest BCUT2D eigenvalue weighted by Crippen LogP contribution is 2.27. The maximum absolute atomic E-state index is 11.8. The second kappa shape index (κ2) is 6.52. The summed E-state index contributed by atoms with van der Waals surface area (Å²) < 4.78 is 5.03. The van der Waals surface area contributed by atoms with Gasteiger partial charge in [-0.25, -0.2) is 4.79 Å². The number of para-hydroxylation sites is 1. The van der Waals surface area contributed by atoms with E-state index in [1.165, 1.54) is 16.8 Å². The van der Waals surface area contributed by atoms with E-state index in [-0.39, 0.29) is 5.97 Å². The summed E-state index contributed by atoms with van der Waals surface area (Å²) in [7, 11) is 0. The van der Waals surface area contributed by atoms with Crippen LogP contribution in [0.4, 0.5) is 11.4 Å². The number of carbonyl (C=O) groups excluding carboxylic acids is 1. The Bertz CT molecular complexity index is 683. The first-order valence-electron chi connectivity index (χ1n) is 7.63. The summed E-state index contributed by atoms with van der Waals surface area (Å²) in [4.78, 5) is 11.8. The average molecular weight is 296 g/mol. The molecule has 0 aliphatic carbocycles. The number of hydrogen-bond acceptors (Lipinski definition) is 4. The molecule has 114 valence electrons. The fourth-order valence-electron chi connectivity index (χ4n) is 2.73. The van der Waals surface area contributed by atoms with Gasteiger partial charge in [0.1, 0.15) is 0 Å². The molecule has 4 heteroatoms. The molecule has 0 aromatic heterocycles. The molecule has 1 heterocycles. The van der Waals surface area contributed by atoms with Gasteiger partial charge in [-0.3, -0.25) is 0 Å². The van der Waals surface area contributed by atoms with Crippen LogP contribution in [0.15, 0.2) is 42.5 Å². The summed E-state index contributed by atoms with van der Waals surface area (Å²) in [5, 5.41) is 6.82. The van der Waals surface area contributed by atoms with Crippen LogP contribution in [0.5, 0.6) is 0 Å². The maximum atomic E-state index is 11.8. The standard InChI is InChI=1S/C18H20N2O2/c1-2-22-18(21)14-6-4-8-16(11-14)20-12-15-7-3-5-13-9-10-19-17(13)15/h3-8,11,19-20H,2,9-10,12H2,1H3. The fourth-order valence-corrected chi connectivity index (χ4v) is 2.73. The third-order valence-corrected chi connectivity index (χ3v) is 3.79. The lowest BCUT2D eigenvalue weighted by Gasteiger charge is -2.12. The Morgan fingerprint density at radius 1 is 1.27 bits per heavy atom. The quantitative estimate of drug-likeness (QED) is 0.830. The summed E-state index contributed by atoms with van der Waals surface area (Å²) in [5.41, 5.74) is 5.36. The third-order valence-electron chi connectivity index (χ3n) is 3.79. The molecule has 0 fully saturated rings. The van der Waals surface area contributed by atoms with E-state index in [4.69, 9.17) is 4.74 Å². The zero-order valence-electron chi connectivity index (χ0n) is 12.7. The van der Waals surface area contributed by atoms with Gasteiger partial charge < -0.3 is 15.4 Å². The number of rotatable bonds is 5. The van der Waals surface area contributed by atoms with Crippen molar-refractivity contribution in [2.75, 3.05) is 23.8 Å². The molecule has 0 unspecified atom stereocenters. The van der Waals surface area contributed by atoms with Gasteiger partial charge in [-0.15, -0.1) is 0 Å². The predicted molar refractivity (Wildman–Crippen MR) is 88.4 cm³/mol. The summed E-state index contributed by atoms with van der Waals surface area (Å²) in [6.45, 7) is 3.93. The van der Waals surface area contributed by atoms with Crippen LogP contribution in [0.1, 0.15) is 28.4 Å². The van der Waals surface area contributed by atoms with Gasteiger partial charge in [-0.05, 0) is 42.7 Å².